The van der Waals surface area contributed by atoms with Gasteiger partial charge in [-0.25, -0.2) is 0 Å². The Bertz CT molecular complexity index is 369. The smallest absolute Gasteiger partial charge is 0.0412 e. The van der Waals surface area contributed by atoms with E-state index in [0.717, 1.165) is 6.54 Å². The van der Waals surface area contributed by atoms with Gasteiger partial charge in [-0.15, -0.1) is 0 Å². The highest BCUT2D eigenvalue weighted by atomic mass is 32.2. The zero-order valence-electron chi connectivity index (χ0n) is 9.67. The van der Waals surface area contributed by atoms with E-state index in [1.807, 2.05) is 0 Å². The van der Waals surface area contributed by atoms with Gasteiger partial charge in [0.05, 0.1) is 0 Å². The van der Waals surface area contributed by atoms with E-state index < -0.39 is 0 Å². The summed E-state index contributed by atoms with van der Waals surface area (Å²) in [5, 5.41) is 3.62. The highest BCUT2D eigenvalue weighted by Crippen LogP contribution is 2.27. The molecule has 3 rings (SSSR count). The van der Waals surface area contributed by atoms with Gasteiger partial charge in [0, 0.05) is 24.1 Å². The van der Waals surface area contributed by atoms with E-state index in [1.54, 1.807) is 11.1 Å². The Morgan fingerprint density at radius 3 is 2.81 bits per heavy atom. The van der Waals surface area contributed by atoms with E-state index in [9.17, 15) is 0 Å². The molecule has 0 aromatic heterocycles. The van der Waals surface area contributed by atoms with Crippen LogP contribution in [0.2, 0.25) is 0 Å². The number of benzene rings is 1. The minimum Gasteiger partial charge on any atom is -0.308 e. The lowest BCUT2D eigenvalue weighted by Crippen LogP contribution is -2.30. The summed E-state index contributed by atoms with van der Waals surface area (Å²) >= 11 is 2.07. The average molecular weight is 233 g/mol. The first-order valence-electron chi connectivity index (χ1n) is 6.36. The van der Waals surface area contributed by atoms with Crippen molar-refractivity contribution in [3.05, 3.63) is 34.9 Å². The average Bonchev–Trinajstić information content (AvgIpc) is 2.39. The van der Waals surface area contributed by atoms with Crippen LogP contribution in [0.4, 0.5) is 0 Å². The van der Waals surface area contributed by atoms with Crippen LogP contribution in [0.25, 0.3) is 0 Å². The molecule has 2 heteroatoms. The minimum atomic E-state index is 0.589. The number of fused-ring (bicyclic) bond motifs is 1. The number of thioether (sulfide) groups is 1. The summed E-state index contributed by atoms with van der Waals surface area (Å²) in [6.07, 6.45) is 5.35. The molecule has 16 heavy (non-hydrogen) atoms. The molecule has 0 bridgehead atoms. The molecule has 0 saturated carbocycles. The van der Waals surface area contributed by atoms with E-state index in [4.69, 9.17) is 0 Å². The summed E-state index contributed by atoms with van der Waals surface area (Å²) in [5.41, 5.74) is 4.72. The molecule has 1 atom stereocenters. The summed E-state index contributed by atoms with van der Waals surface area (Å²) in [5.74, 6) is 2.50. The predicted octanol–water partition coefficient (Wildman–Crippen LogP) is 2.94. The molecule has 1 aromatic carbocycles. The van der Waals surface area contributed by atoms with Crippen LogP contribution in [0.1, 0.15) is 35.6 Å². The number of aryl methyl sites for hydroxylation is 2. The Balaban J connectivity index is 1.84. The van der Waals surface area contributed by atoms with Gasteiger partial charge in [-0.1, -0.05) is 18.2 Å². The summed E-state index contributed by atoms with van der Waals surface area (Å²) in [6.45, 7) is 1.16. The van der Waals surface area contributed by atoms with Crippen molar-refractivity contribution < 1.29 is 0 Å². The number of nitrogens with one attached hydrogen (secondary N) is 1. The SMILES string of the molecule is c1cc2c(cc1C1CSCCN1)CCCC2. The maximum Gasteiger partial charge on any atom is 0.0412 e. The molecule has 1 unspecified atom stereocenters. The fourth-order valence-corrected chi connectivity index (χ4v) is 3.72. The van der Waals surface area contributed by atoms with E-state index in [0.29, 0.717) is 6.04 Å². The highest BCUT2D eigenvalue weighted by Gasteiger charge is 2.17. The Morgan fingerprint density at radius 2 is 2.00 bits per heavy atom. The van der Waals surface area contributed by atoms with E-state index in [-0.39, 0.29) is 0 Å². The molecule has 86 valence electrons. The van der Waals surface area contributed by atoms with Gasteiger partial charge in [0.2, 0.25) is 0 Å². The Labute approximate surface area is 102 Å². The third kappa shape index (κ3) is 2.14. The van der Waals surface area contributed by atoms with E-state index >= 15 is 0 Å². The standard InChI is InChI=1S/C14H19NS/c1-2-4-12-9-13(6-5-11(12)3-1)14-10-16-8-7-15-14/h5-6,9,14-15H,1-4,7-8,10H2. The molecule has 2 aliphatic rings. The van der Waals surface area contributed by atoms with Gasteiger partial charge in [-0.05, 0) is 42.4 Å². The topological polar surface area (TPSA) is 12.0 Å². The van der Waals surface area contributed by atoms with Gasteiger partial charge in [-0.3, -0.25) is 0 Å². The van der Waals surface area contributed by atoms with Crippen LogP contribution in [-0.4, -0.2) is 18.1 Å². The molecule has 0 radical (unpaired) electrons. The molecular weight excluding hydrogens is 214 g/mol. The molecule has 1 saturated heterocycles. The second-order valence-corrected chi connectivity index (χ2v) is 5.97. The van der Waals surface area contributed by atoms with Crippen molar-refractivity contribution in [2.75, 3.05) is 18.1 Å². The van der Waals surface area contributed by atoms with Gasteiger partial charge in [0.25, 0.3) is 0 Å². The summed E-state index contributed by atoms with van der Waals surface area (Å²) < 4.78 is 0. The number of hydrogen-bond donors (Lipinski definition) is 1. The van der Waals surface area contributed by atoms with Crippen molar-refractivity contribution in [1.29, 1.82) is 0 Å². The number of rotatable bonds is 1. The summed E-state index contributed by atoms with van der Waals surface area (Å²) in [7, 11) is 0. The molecular formula is C14H19NS. The quantitative estimate of drug-likeness (QED) is 0.800. The fraction of sp³-hybridized carbons (Fsp3) is 0.571. The van der Waals surface area contributed by atoms with E-state index in [1.165, 1.54) is 42.8 Å². The van der Waals surface area contributed by atoms with Crippen molar-refractivity contribution in [3.8, 4) is 0 Å². The van der Waals surface area contributed by atoms with Gasteiger partial charge in [0.1, 0.15) is 0 Å². The lowest BCUT2D eigenvalue weighted by atomic mass is 9.89. The monoisotopic (exact) mass is 233 g/mol. The van der Waals surface area contributed by atoms with Crippen molar-refractivity contribution >= 4 is 11.8 Å². The predicted molar refractivity (Wildman–Crippen MR) is 71.2 cm³/mol. The largest absolute Gasteiger partial charge is 0.308 e. The molecule has 1 aliphatic carbocycles. The molecule has 1 fully saturated rings. The first-order valence-corrected chi connectivity index (χ1v) is 7.52. The first-order chi connectivity index (χ1) is 7.93. The van der Waals surface area contributed by atoms with Crippen LogP contribution in [0.5, 0.6) is 0 Å². The zero-order chi connectivity index (χ0) is 10.8. The van der Waals surface area contributed by atoms with Gasteiger partial charge >= 0.3 is 0 Å². The summed E-state index contributed by atoms with van der Waals surface area (Å²) in [6, 6.07) is 7.75. The lowest BCUT2D eigenvalue weighted by Gasteiger charge is -2.25. The Kier molecular flexibility index (Phi) is 3.20. The Morgan fingerprint density at radius 1 is 1.12 bits per heavy atom. The fourth-order valence-electron chi connectivity index (χ4n) is 2.75. The maximum atomic E-state index is 3.62. The van der Waals surface area contributed by atoms with Gasteiger partial charge in [-0.2, -0.15) is 11.8 Å². The van der Waals surface area contributed by atoms with Gasteiger partial charge in [0.15, 0.2) is 0 Å². The van der Waals surface area contributed by atoms with Crippen molar-refractivity contribution in [1.82, 2.24) is 5.32 Å². The van der Waals surface area contributed by atoms with Crippen LogP contribution in [0.3, 0.4) is 0 Å². The lowest BCUT2D eigenvalue weighted by molar-refractivity contribution is 0.592. The first kappa shape index (κ1) is 10.7. The van der Waals surface area contributed by atoms with Crippen molar-refractivity contribution in [2.24, 2.45) is 0 Å². The minimum absolute atomic E-state index is 0.589. The molecule has 1 N–H and O–H groups in total. The molecule has 1 aromatic rings. The van der Waals surface area contributed by atoms with Crippen molar-refractivity contribution in [2.45, 2.75) is 31.7 Å². The summed E-state index contributed by atoms with van der Waals surface area (Å²) in [4.78, 5) is 0. The molecule has 0 amide bonds. The van der Waals surface area contributed by atoms with Crippen LogP contribution >= 0.6 is 11.8 Å². The normalized spacial score (nSPS) is 25.1. The zero-order valence-corrected chi connectivity index (χ0v) is 10.5. The van der Waals surface area contributed by atoms with Crippen LogP contribution in [0, 0.1) is 0 Å². The number of hydrogen-bond acceptors (Lipinski definition) is 2. The second-order valence-electron chi connectivity index (χ2n) is 4.82. The van der Waals surface area contributed by atoms with E-state index in [2.05, 4.69) is 35.3 Å². The third-order valence-electron chi connectivity index (χ3n) is 3.70. The Hall–Kier alpha value is -0.470. The third-order valence-corrected chi connectivity index (χ3v) is 4.76. The molecule has 1 aliphatic heterocycles. The molecule has 1 nitrogen and oxygen atoms in total. The van der Waals surface area contributed by atoms with Crippen LogP contribution in [0.15, 0.2) is 18.2 Å². The maximum absolute atomic E-state index is 3.62. The van der Waals surface area contributed by atoms with Crippen molar-refractivity contribution in [3.63, 3.8) is 0 Å². The highest BCUT2D eigenvalue weighted by molar-refractivity contribution is 7.99. The molecule has 0 spiro atoms. The van der Waals surface area contributed by atoms with Gasteiger partial charge < -0.3 is 5.32 Å². The van der Waals surface area contributed by atoms with Crippen LogP contribution in [-0.2, 0) is 12.8 Å². The second kappa shape index (κ2) is 4.80. The van der Waals surface area contributed by atoms with Crippen LogP contribution < -0.4 is 5.32 Å². The molecule has 1 heterocycles.